The number of carboxylic acid groups (broad SMARTS) is 1. The lowest BCUT2D eigenvalue weighted by atomic mass is 9.95. The molecule has 0 spiro atoms. The molecule has 1 aliphatic heterocycles. The molecule has 4 aromatic carbocycles. The summed E-state index contributed by atoms with van der Waals surface area (Å²) in [5.74, 6) is -1.82. The summed E-state index contributed by atoms with van der Waals surface area (Å²) < 4.78 is 6.03. The number of ether oxygens (including phenoxy) is 1. The van der Waals surface area contributed by atoms with Gasteiger partial charge in [-0.15, -0.1) is 11.3 Å². The maximum absolute atomic E-state index is 13.2. The molecule has 0 radical (unpaired) electrons. The summed E-state index contributed by atoms with van der Waals surface area (Å²) in [4.78, 5) is 39.8. The molecule has 1 saturated carbocycles. The van der Waals surface area contributed by atoms with Crippen molar-refractivity contribution in [2.45, 2.75) is 37.8 Å². The standard InChI is InChI=1S/C45H37N3O5S/c1-2-25-53-45(52)38(28-46)44-47(29-42(49)50)43(51)41(54-44)18-9-11-30-21-24-40-37(27-30)35-16-10-17-39(35)48(40)34-22-19-31(20-23-34)26-36(32-12-5-3-6-13-32)33-14-7-4-8-15-33/h2-9,11-15,18-24,26-27,35,39H,1,10,16-17,25,29H2,(H,49,50)/b11-9+,41-18-,44-38+. The molecule has 0 amide bonds. The number of hydrogen-bond acceptors (Lipinski definition) is 7. The van der Waals surface area contributed by atoms with Crippen LogP contribution in [0.4, 0.5) is 11.4 Å². The highest BCUT2D eigenvalue weighted by molar-refractivity contribution is 7.07. The maximum Gasteiger partial charge on any atom is 0.352 e. The van der Waals surface area contributed by atoms with E-state index in [1.54, 1.807) is 18.2 Å². The summed E-state index contributed by atoms with van der Waals surface area (Å²) >= 11 is 0.874. The summed E-state index contributed by atoms with van der Waals surface area (Å²) in [5.41, 5.74) is 8.21. The minimum absolute atomic E-state index is 0.0691. The van der Waals surface area contributed by atoms with Gasteiger partial charge in [0, 0.05) is 23.3 Å². The molecule has 54 heavy (non-hydrogen) atoms. The van der Waals surface area contributed by atoms with Crippen LogP contribution in [-0.4, -0.2) is 34.3 Å². The molecule has 9 heteroatoms. The van der Waals surface area contributed by atoms with Gasteiger partial charge in [-0.3, -0.25) is 14.2 Å². The highest BCUT2D eigenvalue weighted by atomic mass is 32.1. The fraction of sp³-hybridized carbons (Fsp3) is 0.156. The first-order valence-corrected chi connectivity index (χ1v) is 18.6. The molecule has 7 rings (SSSR count). The molecule has 1 N–H and O–H groups in total. The van der Waals surface area contributed by atoms with E-state index >= 15 is 0 Å². The van der Waals surface area contributed by atoms with Crippen LogP contribution < -0.4 is 19.7 Å². The van der Waals surface area contributed by atoms with Crippen LogP contribution >= 0.6 is 11.3 Å². The van der Waals surface area contributed by atoms with Crippen molar-refractivity contribution < 1.29 is 19.4 Å². The molecule has 0 saturated heterocycles. The van der Waals surface area contributed by atoms with Gasteiger partial charge in [-0.25, -0.2) is 4.79 Å². The Morgan fingerprint density at radius 1 is 0.944 bits per heavy atom. The van der Waals surface area contributed by atoms with Crippen LogP contribution in [0.1, 0.15) is 53.0 Å². The van der Waals surface area contributed by atoms with E-state index in [0.717, 1.165) is 52.0 Å². The van der Waals surface area contributed by atoms with Gasteiger partial charge in [-0.1, -0.05) is 110 Å². The van der Waals surface area contributed by atoms with Gasteiger partial charge in [0.05, 0.1) is 4.53 Å². The number of rotatable bonds is 11. The molecule has 0 bridgehead atoms. The maximum atomic E-state index is 13.2. The van der Waals surface area contributed by atoms with Crippen LogP contribution in [0.3, 0.4) is 0 Å². The Kier molecular flexibility index (Phi) is 10.7. The highest BCUT2D eigenvalue weighted by Gasteiger charge is 2.42. The minimum Gasteiger partial charge on any atom is -0.480 e. The number of carbonyl (C=O) groups is 2. The lowest BCUT2D eigenvalue weighted by Gasteiger charge is -2.27. The van der Waals surface area contributed by atoms with Crippen LogP contribution in [0, 0.1) is 11.3 Å². The van der Waals surface area contributed by atoms with E-state index in [2.05, 4.69) is 109 Å². The van der Waals surface area contributed by atoms with E-state index in [1.165, 1.54) is 34.0 Å². The molecule has 2 aliphatic rings. The summed E-state index contributed by atoms with van der Waals surface area (Å²) in [6.07, 6.45) is 12.2. The molecule has 1 aromatic heterocycles. The Balaban J connectivity index is 1.18. The topological polar surface area (TPSA) is 113 Å². The molecule has 268 valence electrons. The third-order valence-corrected chi connectivity index (χ3v) is 10.9. The van der Waals surface area contributed by atoms with Gasteiger partial charge >= 0.3 is 11.9 Å². The molecule has 2 unspecified atom stereocenters. The molecule has 1 fully saturated rings. The number of nitriles is 1. The van der Waals surface area contributed by atoms with Gasteiger partial charge < -0.3 is 14.7 Å². The van der Waals surface area contributed by atoms with Crippen molar-refractivity contribution in [3.63, 3.8) is 0 Å². The van der Waals surface area contributed by atoms with Crippen LogP contribution in [0.15, 0.2) is 127 Å². The smallest absolute Gasteiger partial charge is 0.352 e. The highest BCUT2D eigenvalue weighted by Crippen LogP contribution is 2.52. The minimum atomic E-state index is -1.28. The van der Waals surface area contributed by atoms with Gasteiger partial charge in [-0.2, -0.15) is 5.26 Å². The number of fused-ring (bicyclic) bond motifs is 3. The summed E-state index contributed by atoms with van der Waals surface area (Å²) in [7, 11) is 0. The molecule has 2 atom stereocenters. The van der Waals surface area contributed by atoms with Gasteiger partial charge in [0.15, 0.2) is 5.57 Å². The van der Waals surface area contributed by atoms with Crippen LogP contribution in [-0.2, 0) is 20.9 Å². The fourth-order valence-electron chi connectivity index (χ4n) is 7.41. The number of benzene rings is 4. The second-order valence-corrected chi connectivity index (χ2v) is 14.2. The summed E-state index contributed by atoms with van der Waals surface area (Å²) in [5, 5.41) is 19.1. The zero-order chi connectivity index (χ0) is 37.6. The van der Waals surface area contributed by atoms with Gasteiger partial charge in [0.25, 0.3) is 5.56 Å². The number of thiazole rings is 1. The summed E-state index contributed by atoms with van der Waals surface area (Å²) in [6.45, 7) is 2.66. The third kappa shape index (κ3) is 7.38. The van der Waals surface area contributed by atoms with E-state index in [9.17, 15) is 24.8 Å². The van der Waals surface area contributed by atoms with Crippen molar-refractivity contribution in [3.8, 4) is 6.07 Å². The average Bonchev–Trinajstić information content (AvgIpc) is 3.87. The molecular formula is C45H37N3O5S. The lowest BCUT2D eigenvalue weighted by Crippen LogP contribution is -2.35. The van der Waals surface area contributed by atoms with Crippen molar-refractivity contribution in [1.82, 2.24) is 4.57 Å². The average molecular weight is 732 g/mol. The number of aromatic nitrogens is 1. The van der Waals surface area contributed by atoms with E-state index in [4.69, 9.17) is 4.74 Å². The van der Waals surface area contributed by atoms with Crippen molar-refractivity contribution in [3.05, 3.63) is 169 Å². The Bertz CT molecular complexity index is 2470. The molecule has 1 aliphatic carbocycles. The first-order chi connectivity index (χ1) is 26.4. The first-order valence-electron chi connectivity index (χ1n) is 17.7. The third-order valence-electron chi connectivity index (χ3n) is 9.77. The number of hydrogen-bond donors (Lipinski definition) is 1. The number of carbonyl (C=O) groups excluding carboxylic acids is 1. The van der Waals surface area contributed by atoms with E-state index in [-0.39, 0.29) is 15.8 Å². The van der Waals surface area contributed by atoms with Crippen molar-refractivity contribution in [2.75, 3.05) is 11.5 Å². The van der Waals surface area contributed by atoms with Crippen LogP contribution in [0.2, 0.25) is 0 Å². The predicted molar refractivity (Wildman–Crippen MR) is 214 cm³/mol. The van der Waals surface area contributed by atoms with Crippen molar-refractivity contribution >= 4 is 64.0 Å². The molecule has 2 heterocycles. The number of esters is 1. The van der Waals surface area contributed by atoms with Gasteiger partial charge in [-0.05, 0) is 82.6 Å². The number of anilines is 2. The van der Waals surface area contributed by atoms with Crippen molar-refractivity contribution in [1.29, 1.82) is 5.26 Å². The normalized spacial score (nSPS) is 16.7. The second-order valence-electron chi connectivity index (χ2n) is 13.1. The van der Waals surface area contributed by atoms with Crippen molar-refractivity contribution in [2.24, 2.45) is 0 Å². The number of aliphatic carboxylic acids is 1. The van der Waals surface area contributed by atoms with E-state index < -0.39 is 29.6 Å². The Morgan fingerprint density at radius 3 is 2.28 bits per heavy atom. The Morgan fingerprint density at radius 2 is 1.63 bits per heavy atom. The first kappa shape index (κ1) is 35.9. The van der Waals surface area contributed by atoms with E-state index in [0.29, 0.717) is 12.0 Å². The zero-order valence-electron chi connectivity index (χ0n) is 29.4. The van der Waals surface area contributed by atoms with Gasteiger partial charge in [0.2, 0.25) is 0 Å². The molecular weight excluding hydrogens is 695 g/mol. The second kappa shape index (κ2) is 16.0. The van der Waals surface area contributed by atoms with Gasteiger partial charge in [0.1, 0.15) is 23.9 Å². The molecule has 5 aromatic rings. The number of carboxylic acids is 1. The number of nitrogens with zero attached hydrogens (tertiary/aromatic N) is 3. The Hall–Kier alpha value is -6.50. The largest absolute Gasteiger partial charge is 0.480 e. The van der Waals surface area contributed by atoms with Crippen LogP contribution in [0.5, 0.6) is 0 Å². The SMILES string of the molecule is C=CCOC(=O)/C(C#N)=c1/s/c(=C\C=C\c2ccc3c(c2)C2CCCC2N3c2ccc(C=C(c3ccccc3)c3ccccc3)cc2)c(=O)n1CC(=O)O. The lowest BCUT2D eigenvalue weighted by molar-refractivity contribution is -0.138. The zero-order valence-corrected chi connectivity index (χ0v) is 30.2. The predicted octanol–water partition coefficient (Wildman–Crippen LogP) is 7.27. The molecule has 8 nitrogen and oxygen atoms in total. The summed E-state index contributed by atoms with van der Waals surface area (Å²) in [6, 6.07) is 38.3. The quantitative estimate of drug-likeness (QED) is 0.0864. The fourth-order valence-corrected chi connectivity index (χ4v) is 8.45. The Labute approximate surface area is 316 Å². The number of allylic oxidation sites excluding steroid dienone is 1. The monoisotopic (exact) mass is 731 g/mol. The van der Waals surface area contributed by atoms with Crippen LogP contribution in [0.25, 0.3) is 29.4 Å². The van der Waals surface area contributed by atoms with E-state index in [1.807, 2.05) is 18.2 Å².